The van der Waals surface area contributed by atoms with Crippen LogP contribution in [0.25, 0.3) is 0 Å². The molecule has 1 aliphatic heterocycles. The van der Waals surface area contributed by atoms with E-state index in [1.165, 1.54) is 0 Å². The highest BCUT2D eigenvalue weighted by Crippen LogP contribution is 2.32. The fourth-order valence-electron chi connectivity index (χ4n) is 4.25. The van der Waals surface area contributed by atoms with Crippen LogP contribution in [0.3, 0.4) is 0 Å². The van der Waals surface area contributed by atoms with Gasteiger partial charge in [0.05, 0.1) is 33.5 Å². The Labute approximate surface area is 167 Å². The number of nitrogens with one attached hydrogen (secondary N) is 1. The van der Waals surface area contributed by atoms with Crippen molar-refractivity contribution >= 4 is 5.91 Å². The first-order valence-electron chi connectivity index (χ1n) is 10.2. The highest BCUT2D eigenvalue weighted by atomic mass is 16.5. The minimum Gasteiger partial charge on any atom is -0.493 e. The van der Waals surface area contributed by atoms with Crippen molar-refractivity contribution in [3.8, 4) is 11.5 Å². The molecule has 3 N–H and O–H groups in total. The van der Waals surface area contributed by atoms with E-state index in [9.17, 15) is 4.79 Å². The molecular weight excluding hydrogens is 358 g/mol. The molecule has 0 spiro atoms. The van der Waals surface area contributed by atoms with Crippen LogP contribution in [0.5, 0.6) is 11.5 Å². The van der Waals surface area contributed by atoms with E-state index in [4.69, 9.17) is 19.9 Å². The average molecular weight is 392 g/mol. The Morgan fingerprint density at radius 1 is 1.25 bits per heavy atom. The monoisotopic (exact) mass is 391 g/mol. The van der Waals surface area contributed by atoms with Crippen molar-refractivity contribution in [2.45, 2.75) is 37.8 Å². The molecule has 7 heteroatoms. The van der Waals surface area contributed by atoms with Crippen molar-refractivity contribution in [1.29, 1.82) is 0 Å². The second kappa shape index (κ2) is 10.1. The van der Waals surface area contributed by atoms with Gasteiger partial charge in [0.2, 0.25) is 5.91 Å². The summed E-state index contributed by atoms with van der Waals surface area (Å²) in [5.74, 6) is 1.79. The van der Waals surface area contributed by atoms with Gasteiger partial charge in [0.15, 0.2) is 11.5 Å². The van der Waals surface area contributed by atoms with Crippen LogP contribution in [0.1, 0.15) is 37.3 Å². The van der Waals surface area contributed by atoms with E-state index >= 15 is 0 Å². The van der Waals surface area contributed by atoms with Gasteiger partial charge in [-0.05, 0) is 36.5 Å². The lowest BCUT2D eigenvalue weighted by Gasteiger charge is -2.35. The summed E-state index contributed by atoms with van der Waals surface area (Å²) in [5.41, 5.74) is 7.22. The van der Waals surface area contributed by atoms with Crippen LogP contribution in [0.2, 0.25) is 0 Å². The second-order valence-electron chi connectivity index (χ2n) is 7.64. The Kier molecular flexibility index (Phi) is 7.53. The number of benzene rings is 1. The van der Waals surface area contributed by atoms with E-state index in [-0.39, 0.29) is 18.0 Å². The third kappa shape index (κ3) is 5.16. The fraction of sp³-hybridized carbons (Fsp3) is 0.667. The number of carbonyl (C=O) groups excluding carboxylic acids is 1. The maximum Gasteiger partial charge on any atom is 0.220 e. The highest BCUT2D eigenvalue weighted by molar-refractivity contribution is 5.76. The first-order valence-corrected chi connectivity index (χ1v) is 10.2. The number of rotatable bonds is 8. The number of carbonyl (C=O) groups is 1. The maximum absolute atomic E-state index is 12.5. The number of hydrogen-bond acceptors (Lipinski definition) is 6. The number of ether oxygens (including phenoxy) is 3. The minimum atomic E-state index is 0.0601. The molecule has 1 heterocycles. The summed E-state index contributed by atoms with van der Waals surface area (Å²) in [7, 11) is 3.27. The Morgan fingerprint density at radius 2 is 2.00 bits per heavy atom. The number of amides is 1. The molecule has 1 aromatic carbocycles. The number of hydrogen-bond donors (Lipinski definition) is 2. The lowest BCUT2D eigenvalue weighted by molar-refractivity contribution is -0.122. The van der Waals surface area contributed by atoms with Gasteiger partial charge in [-0.15, -0.1) is 0 Å². The van der Waals surface area contributed by atoms with Gasteiger partial charge in [-0.3, -0.25) is 9.69 Å². The average Bonchev–Trinajstić information content (AvgIpc) is 3.13. The zero-order chi connectivity index (χ0) is 19.9. The van der Waals surface area contributed by atoms with E-state index in [1.54, 1.807) is 14.2 Å². The molecule has 28 heavy (non-hydrogen) atoms. The molecule has 0 radical (unpaired) electrons. The van der Waals surface area contributed by atoms with E-state index in [2.05, 4.69) is 10.2 Å². The van der Waals surface area contributed by atoms with Crippen molar-refractivity contribution in [3.63, 3.8) is 0 Å². The van der Waals surface area contributed by atoms with E-state index < -0.39 is 0 Å². The fourth-order valence-corrected chi connectivity index (χ4v) is 4.25. The quantitative estimate of drug-likeness (QED) is 0.702. The summed E-state index contributed by atoms with van der Waals surface area (Å²) in [4.78, 5) is 14.9. The first kappa shape index (κ1) is 20.9. The van der Waals surface area contributed by atoms with Gasteiger partial charge in [-0.2, -0.15) is 0 Å². The summed E-state index contributed by atoms with van der Waals surface area (Å²) in [5, 5.41) is 3.14. The molecule has 1 amide bonds. The largest absolute Gasteiger partial charge is 0.493 e. The molecule has 0 aromatic heterocycles. The molecule has 1 saturated heterocycles. The topological polar surface area (TPSA) is 86.0 Å². The Bertz CT molecular complexity index is 649. The molecule has 3 rings (SSSR count). The summed E-state index contributed by atoms with van der Waals surface area (Å²) >= 11 is 0. The summed E-state index contributed by atoms with van der Waals surface area (Å²) in [6.07, 6.45) is 3.72. The normalized spacial score (nSPS) is 24.0. The molecule has 7 nitrogen and oxygen atoms in total. The van der Waals surface area contributed by atoms with Crippen molar-refractivity contribution in [2.24, 2.45) is 11.7 Å². The zero-order valence-electron chi connectivity index (χ0n) is 17.0. The standard InChI is InChI=1S/C21H33N3O4/c1-26-19-7-6-16(12-20(19)27-2)18(24-8-10-28-11-9-24)14-23-21(25)13-15-4-3-5-17(15)22/h6-7,12,15,17-18H,3-5,8-11,13-14,22H2,1-2H3,(H,23,25)/t15-,17+,18?/m0/s1. The van der Waals surface area contributed by atoms with Crippen molar-refractivity contribution in [1.82, 2.24) is 10.2 Å². The predicted octanol–water partition coefficient (Wildman–Crippen LogP) is 1.71. The molecule has 1 saturated carbocycles. The van der Waals surface area contributed by atoms with Gasteiger partial charge in [-0.25, -0.2) is 0 Å². The van der Waals surface area contributed by atoms with Gasteiger partial charge in [0, 0.05) is 32.1 Å². The zero-order valence-corrected chi connectivity index (χ0v) is 17.0. The Balaban J connectivity index is 1.69. The third-order valence-corrected chi connectivity index (χ3v) is 5.94. The number of nitrogens with zero attached hydrogens (tertiary/aromatic N) is 1. The lowest BCUT2D eigenvalue weighted by atomic mass is 9.99. The van der Waals surface area contributed by atoms with E-state index in [1.807, 2.05) is 18.2 Å². The predicted molar refractivity (Wildman–Crippen MR) is 108 cm³/mol. The molecule has 0 bridgehead atoms. The molecule has 1 aliphatic carbocycles. The van der Waals surface area contributed by atoms with Crippen molar-refractivity contribution in [3.05, 3.63) is 23.8 Å². The number of methoxy groups -OCH3 is 2. The van der Waals surface area contributed by atoms with Crippen molar-refractivity contribution in [2.75, 3.05) is 47.1 Å². The van der Waals surface area contributed by atoms with Crippen LogP contribution in [-0.2, 0) is 9.53 Å². The van der Waals surface area contributed by atoms with Crippen LogP contribution in [0.15, 0.2) is 18.2 Å². The van der Waals surface area contributed by atoms with Crippen molar-refractivity contribution < 1.29 is 19.0 Å². The molecule has 2 fully saturated rings. The molecule has 156 valence electrons. The highest BCUT2D eigenvalue weighted by Gasteiger charge is 2.28. The van der Waals surface area contributed by atoms with Crippen LogP contribution in [0, 0.1) is 5.92 Å². The number of morpholine rings is 1. The summed E-state index contributed by atoms with van der Waals surface area (Å²) in [6.45, 7) is 3.63. The molecular formula is C21H33N3O4. The first-order chi connectivity index (χ1) is 13.6. The Hall–Kier alpha value is -1.83. The molecule has 1 unspecified atom stereocenters. The van der Waals surface area contributed by atoms with Crippen LogP contribution in [0.4, 0.5) is 0 Å². The lowest BCUT2D eigenvalue weighted by Crippen LogP contribution is -2.44. The molecule has 1 aromatic rings. The molecule has 2 aliphatic rings. The van der Waals surface area contributed by atoms with E-state index in [0.717, 1.165) is 37.9 Å². The van der Waals surface area contributed by atoms with Crippen LogP contribution < -0.4 is 20.5 Å². The van der Waals surface area contributed by atoms with Crippen LogP contribution in [-0.4, -0.2) is 63.9 Å². The maximum atomic E-state index is 12.5. The van der Waals surface area contributed by atoms with Gasteiger partial charge in [0.1, 0.15) is 0 Å². The minimum absolute atomic E-state index is 0.0601. The smallest absolute Gasteiger partial charge is 0.220 e. The Morgan fingerprint density at radius 3 is 2.64 bits per heavy atom. The van der Waals surface area contributed by atoms with E-state index in [0.29, 0.717) is 43.6 Å². The van der Waals surface area contributed by atoms with Crippen LogP contribution >= 0.6 is 0 Å². The summed E-state index contributed by atoms with van der Waals surface area (Å²) < 4.78 is 16.3. The van der Waals surface area contributed by atoms with Gasteiger partial charge < -0.3 is 25.3 Å². The summed E-state index contributed by atoms with van der Waals surface area (Å²) in [6, 6.07) is 6.18. The third-order valence-electron chi connectivity index (χ3n) is 5.94. The van der Waals surface area contributed by atoms with Gasteiger partial charge in [-0.1, -0.05) is 12.5 Å². The second-order valence-corrected chi connectivity index (χ2v) is 7.64. The van der Waals surface area contributed by atoms with Gasteiger partial charge in [0.25, 0.3) is 0 Å². The molecule has 3 atom stereocenters. The SMILES string of the molecule is COc1ccc(C(CNC(=O)C[C@@H]2CCC[C@H]2N)N2CCOCC2)cc1OC. The van der Waals surface area contributed by atoms with Gasteiger partial charge >= 0.3 is 0 Å². The number of nitrogens with two attached hydrogens (primary N) is 1.